The van der Waals surface area contributed by atoms with Gasteiger partial charge in [-0.25, -0.2) is 4.79 Å². The molecular weight excluding hydrogens is 250 g/mol. The molecule has 0 amide bonds. The minimum Gasteiger partial charge on any atom is -0.502 e. The molecule has 96 valence electrons. The molecule has 2 aromatic rings. The number of rotatable bonds is 3. The zero-order valence-corrected chi connectivity index (χ0v) is 9.61. The second-order valence-electron chi connectivity index (χ2n) is 3.81. The number of carboxylic acid groups (broad SMARTS) is 1. The summed E-state index contributed by atoms with van der Waals surface area (Å²) >= 11 is 0. The van der Waals surface area contributed by atoms with Crippen molar-refractivity contribution in [3.63, 3.8) is 0 Å². The third-order valence-corrected chi connectivity index (χ3v) is 2.65. The first-order chi connectivity index (χ1) is 9.00. The fourth-order valence-corrected chi connectivity index (χ4v) is 1.70. The highest BCUT2D eigenvalue weighted by molar-refractivity contribution is 5.88. The second-order valence-corrected chi connectivity index (χ2v) is 3.81. The van der Waals surface area contributed by atoms with Crippen LogP contribution in [0, 0.1) is 10.1 Å². The normalized spacial score (nSPS) is 10.1. The van der Waals surface area contributed by atoms with Gasteiger partial charge in [0, 0.05) is 11.6 Å². The topological polar surface area (TPSA) is 101 Å². The van der Waals surface area contributed by atoms with Gasteiger partial charge in [-0.3, -0.25) is 10.1 Å². The van der Waals surface area contributed by atoms with Crippen LogP contribution >= 0.6 is 0 Å². The molecule has 2 N–H and O–H groups in total. The number of nitrogens with zero attached hydrogens (tertiary/aromatic N) is 1. The lowest BCUT2D eigenvalue weighted by molar-refractivity contribution is -0.385. The minimum absolute atomic E-state index is 0.105. The highest BCUT2D eigenvalue weighted by atomic mass is 16.6. The Kier molecular flexibility index (Phi) is 3.15. The minimum atomic E-state index is -1.06. The first-order valence-electron chi connectivity index (χ1n) is 5.31. The van der Waals surface area contributed by atoms with Crippen molar-refractivity contribution < 1.29 is 19.9 Å². The number of benzene rings is 2. The van der Waals surface area contributed by atoms with Crippen molar-refractivity contribution in [2.75, 3.05) is 0 Å². The number of para-hydroxylation sites is 1. The van der Waals surface area contributed by atoms with Gasteiger partial charge in [-0.05, 0) is 17.7 Å². The van der Waals surface area contributed by atoms with Crippen LogP contribution in [-0.4, -0.2) is 21.1 Å². The molecule has 0 saturated heterocycles. The maximum absolute atomic E-state index is 10.7. The molecule has 0 heterocycles. The van der Waals surface area contributed by atoms with Crippen LogP contribution in [0.2, 0.25) is 0 Å². The summed E-state index contributed by atoms with van der Waals surface area (Å²) in [4.78, 5) is 20.8. The first kappa shape index (κ1) is 12.6. The summed E-state index contributed by atoms with van der Waals surface area (Å²) < 4.78 is 0. The maximum Gasteiger partial charge on any atom is 0.335 e. The summed E-state index contributed by atoms with van der Waals surface area (Å²) in [5, 5.41) is 29.3. The monoisotopic (exact) mass is 259 g/mol. The van der Waals surface area contributed by atoms with Crippen molar-refractivity contribution in [2.24, 2.45) is 0 Å². The number of hydrogen-bond acceptors (Lipinski definition) is 4. The number of hydrogen-bond donors (Lipinski definition) is 2. The summed E-state index contributed by atoms with van der Waals surface area (Å²) in [6.45, 7) is 0. The van der Waals surface area contributed by atoms with Crippen molar-refractivity contribution in [2.45, 2.75) is 0 Å². The molecule has 0 aliphatic carbocycles. The molecule has 2 aromatic carbocycles. The molecule has 0 saturated carbocycles. The zero-order chi connectivity index (χ0) is 14.0. The molecule has 0 aliphatic heterocycles. The molecule has 0 unspecified atom stereocenters. The SMILES string of the molecule is O=C(O)c1ccc(-c2cccc([N+](=O)[O-])c2O)cc1. The largest absolute Gasteiger partial charge is 0.502 e. The molecular formula is C13H9NO5. The molecule has 0 aromatic heterocycles. The number of carboxylic acids is 1. The third-order valence-electron chi connectivity index (χ3n) is 2.65. The van der Waals surface area contributed by atoms with Crippen LogP contribution in [-0.2, 0) is 0 Å². The third kappa shape index (κ3) is 2.37. The highest BCUT2D eigenvalue weighted by Crippen LogP contribution is 2.36. The Morgan fingerprint density at radius 1 is 1.11 bits per heavy atom. The molecule has 2 rings (SSSR count). The van der Waals surface area contributed by atoms with Gasteiger partial charge in [0.1, 0.15) is 0 Å². The van der Waals surface area contributed by atoms with E-state index in [1.54, 1.807) is 0 Å². The van der Waals surface area contributed by atoms with Gasteiger partial charge in [0.25, 0.3) is 0 Å². The molecule has 0 atom stereocenters. The summed E-state index contributed by atoms with van der Waals surface area (Å²) in [5.41, 5.74) is 0.505. The zero-order valence-electron chi connectivity index (χ0n) is 9.61. The number of nitro groups is 1. The highest BCUT2D eigenvalue weighted by Gasteiger charge is 2.17. The fourth-order valence-electron chi connectivity index (χ4n) is 1.70. The lowest BCUT2D eigenvalue weighted by Gasteiger charge is -2.05. The Morgan fingerprint density at radius 3 is 2.26 bits per heavy atom. The van der Waals surface area contributed by atoms with Crippen molar-refractivity contribution >= 4 is 11.7 Å². The molecule has 0 fully saturated rings. The summed E-state index contributed by atoms with van der Waals surface area (Å²) in [6.07, 6.45) is 0. The van der Waals surface area contributed by atoms with E-state index >= 15 is 0 Å². The summed E-state index contributed by atoms with van der Waals surface area (Å²) in [5.74, 6) is -1.50. The predicted octanol–water partition coefficient (Wildman–Crippen LogP) is 2.67. The van der Waals surface area contributed by atoms with Crippen molar-refractivity contribution in [1.82, 2.24) is 0 Å². The number of aromatic carboxylic acids is 1. The van der Waals surface area contributed by atoms with Crippen LogP contribution in [0.3, 0.4) is 0 Å². The number of carbonyl (C=O) groups is 1. The van der Waals surface area contributed by atoms with E-state index in [4.69, 9.17) is 5.11 Å². The number of aromatic hydroxyl groups is 1. The Balaban J connectivity index is 2.50. The molecule has 0 aliphatic rings. The van der Waals surface area contributed by atoms with Gasteiger partial charge in [-0.15, -0.1) is 0 Å². The van der Waals surface area contributed by atoms with E-state index in [0.717, 1.165) is 0 Å². The fraction of sp³-hybridized carbons (Fsp3) is 0. The Hall–Kier alpha value is -2.89. The lowest BCUT2D eigenvalue weighted by atomic mass is 10.0. The van der Waals surface area contributed by atoms with E-state index in [1.165, 1.54) is 42.5 Å². The summed E-state index contributed by atoms with van der Waals surface area (Å²) in [6, 6.07) is 9.90. The van der Waals surface area contributed by atoms with Gasteiger partial charge in [0.15, 0.2) is 0 Å². The van der Waals surface area contributed by atoms with E-state index in [2.05, 4.69) is 0 Å². The van der Waals surface area contributed by atoms with Gasteiger partial charge in [0.2, 0.25) is 5.75 Å². The quantitative estimate of drug-likeness (QED) is 0.651. The molecule has 6 nitrogen and oxygen atoms in total. The Bertz CT molecular complexity index is 649. The standard InChI is InChI=1S/C13H9NO5/c15-12-10(2-1-3-11(12)14(18)19)8-4-6-9(7-5-8)13(16)17/h1-7,15H,(H,16,17). The van der Waals surface area contributed by atoms with Gasteiger partial charge in [0.05, 0.1) is 10.5 Å². The van der Waals surface area contributed by atoms with Crippen LogP contribution in [0.25, 0.3) is 11.1 Å². The number of nitro benzene ring substituents is 1. The van der Waals surface area contributed by atoms with Gasteiger partial charge >= 0.3 is 11.7 Å². The molecule has 19 heavy (non-hydrogen) atoms. The Labute approximate surface area is 107 Å². The molecule has 0 radical (unpaired) electrons. The van der Waals surface area contributed by atoms with Crippen molar-refractivity contribution in [3.8, 4) is 16.9 Å². The van der Waals surface area contributed by atoms with E-state index in [1.807, 2.05) is 0 Å². The summed E-state index contributed by atoms with van der Waals surface area (Å²) in [7, 11) is 0. The molecule has 0 bridgehead atoms. The van der Waals surface area contributed by atoms with E-state index in [0.29, 0.717) is 5.56 Å². The molecule has 6 heteroatoms. The smallest absolute Gasteiger partial charge is 0.335 e. The van der Waals surface area contributed by atoms with Crippen LogP contribution in [0.4, 0.5) is 5.69 Å². The second kappa shape index (κ2) is 4.77. The van der Waals surface area contributed by atoms with Crippen LogP contribution in [0.5, 0.6) is 5.75 Å². The Morgan fingerprint density at radius 2 is 1.74 bits per heavy atom. The van der Waals surface area contributed by atoms with Gasteiger partial charge < -0.3 is 10.2 Å². The predicted molar refractivity (Wildman–Crippen MR) is 67.2 cm³/mol. The van der Waals surface area contributed by atoms with E-state index in [9.17, 15) is 20.0 Å². The maximum atomic E-state index is 10.7. The van der Waals surface area contributed by atoms with Gasteiger partial charge in [-0.1, -0.05) is 24.3 Å². The van der Waals surface area contributed by atoms with E-state index < -0.39 is 16.6 Å². The van der Waals surface area contributed by atoms with Crippen LogP contribution in [0.15, 0.2) is 42.5 Å². The average molecular weight is 259 g/mol. The first-order valence-corrected chi connectivity index (χ1v) is 5.31. The lowest BCUT2D eigenvalue weighted by Crippen LogP contribution is -1.95. The van der Waals surface area contributed by atoms with Gasteiger partial charge in [-0.2, -0.15) is 0 Å². The number of phenolic OH excluding ortho intramolecular Hbond substituents is 1. The van der Waals surface area contributed by atoms with Crippen molar-refractivity contribution in [1.29, 1.82) is 0 Å². The van der Waals surface area contributed by atoms with E-state index in [-0.39, 0.29) is 16.8 Å². The van der Waals surface area contributed by atoms with Crippen LogP contribution in [0.1, 0.15) is 10.4 Å². The molecule has 0 spiro atoms. The van der Waals surface area contributed by atoms with Crippen molar-refractivity contribution in [3.05, 3.63) is 58.1 Å². The number of phenols is 1. The van der Waals surface area contributed by atoms with Crippen LogP contribution < -0.4 is 0 Å². The average Bonchev–Trinajstić information content (AvgIpc) is 2.38.